The number of benzene rings is 3. The summed E-state index contributed by atoms with van der Waals surface area (Å²) >= 11 is 0. The molecule has 6 rings (SSSR count). The molecule has 0 spiro atoms. The number of alkyl halides is 3. The Labute approximate surface area is 277 Å². The van der Waals surface area contributed by atoms with Crippen LogP contribution in [0, 0.1) is 11.8 Å². The Balaban J connectivity index is 1.20. The number of aromatic nitrogens is 1. The van der Waals surface area contributed by atoms with Crippen LogP contribution in [0.2, 0.25) is 0 Å². The van der Waals surface area contributed by atoms with Crippen LogP contribution in [0.5, 0.6) is 0 Å². The predicted octanol–water partition coefficient (Wildman–Crippen LogP) is 7.16. The molecule has 2 fully saturated rings. The number of nitrogens with one attached hydrogen (secondary N) is 1. The summed E-state index contributed by atoms with van der Waals surface area (Å²) in [5.74, 6) is -3.21. The maximum absolute atomic E-state index is 12.7. The van der Waals surface area contributed by atoms with Crippen molar-refractivity contribution in [3.63, 3.8) is 0 Å². The molecule has 4 aromatic rings. The third kappa shape index (κ3) is 7.39. The van der Waals surface area contributed by atoms with Crippen LogP contribution in [-0.2, 0) is 29.0 Å². The fraction of sp³-hybridized carbons (Fsp3) is 0.342. The van der Waals surface area contributed by atoms with Crippen molar-refractivity contribution >= 4 is 17.6 Å². The fourth-order valence-corrected chi connectivity index (χ4v) is 7.33. The molecular formula is C38H38F3N3O4. The molecule has 7 nitrogen and oxygen atoms in total. The van der Waals surface area contributed by atoms with Gasteiger partial charge in [-0.3, -0.25) is 9.69 Å². The van der Waals surface area contributed by atoms with Crippen LogP contribution in [0.25, 0.3) is 11.3 Å². The largest absolute Gasteiger partial charge is 0.491 e. The van der Waals surface area contributed by atoms with Crippen LogP contribution >= 0.6 is 0 Å². The van der Waals surface area contributed by atoms with Crippen molar-refractivity contribution in [3.05, 3.63) is 124 Å². The molecule has 1 N–H and O–H groups in total. The first-order chi connectivity index (χ1) is 23.1. The number of esters is 2. The zero-order valence-corrected chi connectivity index (χ0v) is 26.7. The Morgan fingerprint density at radius 1 is 0.896 bits per heavy atom. The summed E-state index contributed by atoms with van der Waals surface area (Å²) in [7, 11) is 0. The fourth-order valence-electron chi connectivity index (χ4n) is 7.33. The van der Waals surface area contributed by atoms with Crippen molar-refractivity contribution in [1.82, 2.24) is 9.88 Å². The summed E-state index contributed by atoms with van der Waals surface area (Å²) in [6.07, 6.45) is -1.42. The van der Waals surface area contributed by atoms with Gasteiger partial charge >= 0.3 is 18.1 Å². The quantitative estimate of drug-likeness (QED) is 0.152. The highest BCUT2D eigenvalue weighted by molar-refractivity contribution is 5.98. The van der Waals surface area contributed by atoms with Crippen LogP contribution in [0.1, 0.15) is 53.2 Å². The standard InChI is InChI=1S/C38H38F3N3O4/c1-2-27-20-31(36(46)48-37(47)38(39,40)41)35(45)42-34(27)28-16-18-30(19-17-28)43-23-29-14-9-15-33(32(29)24-43)44(21-25-10-5-3-6-11-25)22-26-12-7-4-8-13-26/h3-8,10-13,16-20,29,32-33H,2,9,14-15,21-24H2,1H3,(H,42,45)/t29-,32+,33-/m1/s1. The zero-order valence-electron chi connectivity index (χ0n) is 26.7. The average molecular weight is 658 g/mol. The lowest BCUT2D eigenvalue weighted by Crippen LogP contribution is -2.45. The van der Waals surface area contributed by atoms with Gasteiger partial charge in [0.1, 0.15) is 5.56 Å². The van der Waals surface area contributed by atoms with Gasteiger partial charge in [0, 0.05) is 37.9 Å². The molecule has 3 aromatic carbocycles. The number of nitrogens with zero attached hydrogens (tertiary/aromatic N) is 2. The van der Waals surface area contributed by atoms with Crippen molar-refractivity contribution in [2.45, 2.75) is 57.9 Å². The highest BCUT2D eigenvalue weighted by atomic mass is 19.4. The number of pyridine rings is 1. The molecular weight excluding hydrogens is 619 g/mol. The number of ether oxygens (including phenoxy) is 1. The van der Waals surface area contributed by atoms with Gasteiger partial charge < -0.3 is 14.6 Å². The highest BCUT2D eigenvalue weighted by Crippen LogP contribution is 2.41. The molecule has 1 saturated heterocycles. The molecule has 48 heavy (non-hydrogen) atoms. The van der Waals surface area contributed by atoms with E-state index in [1.165, 1.54) is 30.0 Å². The van der Waals surface area contributed by atoms with Gasteiger partial charge in [0.15, 0.2) is 0 Å². The summed E-state index contributed by atoms with van der Waals surface area (Å²) in [6.45, 7) is 5.49. The lowest BCUT2D eigenvalue weighted by Gasteiger charge is -2.41. The Bertz CT molecular complexity index is 1750. The lowest BCUT2D eigenvalue weighted by atomic mass is 9.77. The smallest absolute Gasteiger partial charge is 0.382 e. The van der Waals surface area contributed by atoms with Crippen LogP contribution in [-0.4, -0.2) is 47.1 Å². The van der Waals surface area contributed by atoms with Crippen LogP contribution in [0.3, 0.4) is 0 Å². The van der Waals surface area contributed by atoms with E-state index in [9.17, 15) is 27.6 Å². The molecule has 2 heterocycles. The molecule has 1 saturated carbocycles. The van der Waals surface area contributed by atoms with E-state index in [1.54, 1.807) is 6.92 Å². The first-order valence-electron chi connectivity index (χ1n) is 16.4. The van der Waals surface area contributed by atoms with E-state index in [4.69, 9.17) is 0 Å². The summed E-state index contributed by atoms with van der Waals surface area (Å²) < 4.78 is 41.6. The van der Waals surface area contributed by atoms with Gasteiger partial charge in [-0.05, 0) is 71.6 Å². The average Bonchev–Trinajstić information content (AvgIpc) is 3.53. The first-order valence-corrected chi connectivity index (χ1v) is 16.4. The Kier molecular flexibility index (Phi) is 9.82. The third-order valence-electron chi connectivity index (χ3n) is 9.65. The number of halogens is 3. The van der Waals surface area contributed by atoms with E-state index in [0.29, 0.717) is 41.1 Å². The van der Waals surface area contributed by atoms with E-state index in [1.807, 2.05) is 24.3 Å². The van der Waals surface area contributed by atoms with Crippen LogP contribution in [0.15, 0.2) is 95.8 Å². The number of carbonyl (C=O) groups is 2. The van der Waals surface area contributed by atoms with Crippen LogP contribution < -0.4 is 10.5 Å². The number of hydrogen-bond donors (Lipinski definition) is 1. The van der Waals surface area contributed by atoms with Crippen LogP contribution in [0.4, 0.5) is 18.9 Å². The van der Waals surface area contributed by atoms with E-state index in [2.05, 4.69) is 80.2 Å². The third-order valence-corrected chi connectivity index (χ3v) is 9.65. The highest BCUT2D eigenvalue weighted by Gasteiger charge is 2.44. The lowest BCUT2D eigenvalue weighted by molar-refractivity contribution is -0.193. The van der Waals surface area contributed by atoms with E-state index in [0.717, 1.165) is 38.3 Å². The molecule has 250 valence electrons. The van der Waals surface area contributed by atoms with Gasteiger partial charge in [0.05, 0.1) is 5.69 Å². The Morgan fingerprint density at radius 3 is 2.10 bits per heavy atom. The number of carbonyl (C=O) groups excluding carboxylic acids is 2. The van der Waals surface area contributed by atoms with Gasteiger partial charge in [-0.15, -0.1) is 0 Å². The maximum Gasteiger partial charge on any atom is 0.491 e. The monoisotopic (exact) mass is 657 g/mol. The minimum atomic E-state index is -5.35. The second kappa shape index (κ2) is 14.2. The topological polar surface area (TPSA) is 82.7 Å². The summed E-state index contributed by atoms with van der Waals surface area (Å²) in [5.41, 5.74) is 3.79. The van der Waals surface area contributed by atoms with Crippen molar-refractivity contribution < 1.29 is 27.5 Å². The molecule has 2 aliphatic rings. The number of aromatic amines is 1. The predicted molar refractivity (Wildman–Crippen MR) is 177 cm³/mol. The minimum absolute atomic E-state index is 0.376. The number of anilines is 1. The second-order valence-corrected chi connectivity index (χ2v) is 12.7. The van der Waals surface area contributed by atoms with Gasteiger partial charge in [0.2, 0.25) is 0 Å². The van der Waals surface area contributed by atoms with Gasteiger partial charge in [-0.1, -0.05) is 86.1 Å². The zero-order chi connectivity index (χ0) is 33.8. The number of H-pyrrole nitrogens is 1. The van der Waals surface area contributed by atoms with Gasteiger partial charge in [-0.2, -0.15) is 13.2 Å². The molecule has 1 aliphatic carbocycles. The van der Waals surface area contributed by atoms with E-state index >= 15 is 0 Å². The van der Waals surface area contributed by atoms with Crippen molar-refractivity contribution in [2.24, 2.45) is 11.8 Å². The number of aryl methyl sites for hydroxylation is 1. The summed E-state index contributed by atoms with van der Waals surface area (Å²) in [5, 5.41) is 0. The molecule has 3 atom stereocenters. The van der Waals surface area contributed by atoms with E-state index in [-0.39, 0.29) is 0 Å². The molecule has 10 heteroatoms. The molecule has 0 unspecified atom stereocenters. The summed E-state index contributed by atoms with van der Waals surface area (Å²) in [4.78, 5) is 43.8. The number of rotatable bonds is 9. The normalized spacial score (nSPS) is 19.3. The second-order valence-electron chi connectivity index (χ2n) is 12.7. The molecule has 0 radical (unpaired) electrons. The number of fused-ring (bicyclic) bond motifs is 1. The summed E-state index contributed by atoms with van der Waals surface area (Å²) in [6, 6.07) is 30.8. The SMILES string of the molecule is CCc1cc(C(=O)OC(=O)C(F)(F)F)c(=O)[nH]c1-c1ccc(N2C[C@H]3CCC[C@@H](N(Cc4ccccc4)Cc4ccccc4)[C@H]3C2)cc1. The van der Waals surface area contributed by atoms with Gasteiger partial charge in [-0.25, -0.2) is 9.59 Å². The molecule has 0 bridgehead atoms. The molecule has 1 aliphatic heterocycles. The van der Waals surface area contributed by atoms with Crippen molar-refractivity contribution in [3.8, 4) is 11.3 Å². The van der Waals surface area contributed by atoms with Crippen molar-refractivity contribution in [2.75, 3.05) is 18.0 Å². The Morgan fingerprint density at radius 2 is 1.52 bits per heavy atom. The van der Waals surface area contributed by atoms with E-state index < -0.39 is 29.2 Å². The number of hydrogen-bond acceptors (Lipinski definition) is 6. The van der Waals surface area contributed by atoms with Crippen molar-refractivity contribution in [1.29, 1.82) is 0 Å². The minimum Gasteiger partial charge on any atom is -0.382 e. The first kappa shape index (κ1) is 33.2. The van der Waals surface area contributed by atoms with Gasteiger partial charge in [0.25, 0.3) is 5.56 Å². The Hall–Kier alpha value is -4.70. The molecule has 1 aromatic heterocycles. The maximum atomic E-state index is 12.7. The molecule has 0 amide bonds.